The third-order valence-corrected chi connectivity index (χ3v) is 4.05. The molecule has 2 aromatic carbocycles. The van der Waals surface area contributed by atoms with E-state index in [9.17, 15) is 4.39 Å². The monoisotopic (exact) mass is 314 g/mol. The van der Waals surface area contributed by atoms with Crippen molar-refractivity contribution in [2.24, 2.45) is 5.73 Å². The average Bonchev–Trinajstić information content (AvgIpc) is 3.03. The Morgan fingerprint density at radius 1 is 1.14 bits per heavy atom. The first-order chi connectivity index (χ1) is 10.8. The van der Waals surface area contributed by atoms with Gasteiger partial charge in [-0.2, -0.15) is 0 Å². The first-order valence-corrected chi connectivity index (χ1v) is 7.75. The predicted molar refractivity (Wildman–Crippen MR) is 86.2 cm³/mol. The van der Waals surface area contributed by atoms with Gasteiger partial charge in [0.05, 0.1) is 5.69 Å². The molecule has 3 rings (SSSR count). The van der Waals surface area contributed by atoms with Crippen LogP contribution in [0, 0.1) is 5.82 Å². The van der Waals surface area contributed by atoms with Crippen molar-refractivity contribution < 1.29 is 9.13 Å². The number of aromatic nitrogens is 1. The van der Waals surface area contributed by atoms with Crippen LogP contribution >= 0.6 is 11.3 Å². The van der Waals surface area contributed by atoms with E-state index in [1.165, 1.54) is 23.5 Å². The van der Waals surface area contributed by atoms with Crippen molar-refractivity contribution in [3.63, 3.8) is 0 Å². The molecule has 3 aromatic rings. The topological polar surface area (TPSA) is 48.1 Å². The van der Waals surface area contributed by atoms with Gasteiger partial charge in [0.25, 0.3) is 0 Å². The van der Waals surface area contributed by atoms with Crippen LogP contribution in [0.3, 0.4) is 0 Å². The smallest absolute Gasteiger partial charge is 0.129 e. The molecule has 0 spiro atoms. The van der Waals surface area contributed by atoms with Crippen LogP contribution in [0.1, 0.15) is 10.6 Å². The number of nitrogens with zero attached hydrogens (tertiary/aromatic N) is 1. The lowest BCUT2D eigenvalue weighted by Crippen LogP contribution is -1.98. The zero-order chi connectivity index (χ0) is 15.4. The Morgan fingerprint density at radius 2 is 1.95 bits per heavy atom. The van der Waals surface area contributed by atoms with Gasteiger partial charge in [-0.1, -0.05) is 30.3 Å². The fourth-order valence-corrected chi connectivity index (χ4v) is 2.77. The van der Waals surface area contributed by atoms with E-state index in [0.717, 1.165) is 10.6 Å². The van der Waals surface area contributed by atoms with Gasteiger partial charge in [0.15, 0.2) is 0 Å². The van der Waals surface area contributed by atoms with Gasteiger partial charge in [0.1, 0.15) is 23.2 Å². The quantitative estimate of drug-likeness (QED) is 0.774. The second-order valence-electron chi connectivity index (χ2n) is 4.75. The molecule has 0 unspecified atom stereocenters. The van der Waals surface area contributed by atoms with Crippen molar-refractivity contribution in [1.29, 1.82) is 0 Å². The highest BCUT2D eigenvalue weighted by molar-refractivity contribution is 7.09. The number of hydrogen-bond donors (Lipinski definition) is 1. The van der Waals surface area contributed by atoms with Crippen molar-refractivity contribution in [3.05, 3.63) is 70.3 Å². The molecule has 112 valence electrons. The Hall–Kier alpha value is -2.24. The van der Waals surface area contributed by atoms with Crippen molar-refractivity contribution in [2.45, 2.75) is 13.2 Å². The van der Waals surface area contributed by atoms with Crippen LogP contribution in [0.4, 0.5) is 4.39 Å². The third kappa shape index (κ3) is 3.32. The third-order valence-electron chi connectivity index (χ3n) is 3.18. The van der Waals surface area contributed by atoms with Crippen molar-refractivity contribution >= 4 is 11.3 Å². The number of thiazole rings is 1. The number of ether oxygens (including phenoxy) is 1. The Bertz CT molecular complexity index is 758. The lowest BCUT2D eigenvalue weighted by molar-refractivity contribution is 0.307. The molecule has 0 aliphatic carbocycles. The SMILES string of the molecule is NCc1nc(-c2cc(F)ccc2OCc2ccccc2)cs1. The first-order valence-electron chi connectivity index (χ1n) is 6.87. The van der Waals surface area contributed by atoms with E-state index in [1.807, 2.05) is 35.7 Å². The lowest BCUT2D eigenvalue weighted by Gasteiger charge is -2.10. The zero-order valence-corrected chi connectivity index (χ0v) is 12.6. The van der Waals surface area contributed by atoms with Crippen LogP contribution in [0.25, 0.3) is 11.3 Å². The Balaban J connectivity index is 1.87. The first kappa shape index (κ1) is 14.7. The van der Waals surface area contributed by atoms with Crippen LogP contribution < -0.4 is 10.5 Å². The molecule has 0 saturated heterocycles. The van der Waals surface area contributed by atoms with E-state index < -0.39 is 0 Å². The van der Waals surface area contributed by atoms with Gasteiger partial charge in [-0.25, -0.2) is 9.37 Å². The molecule has 0 saturated carbocycles. The lowest BCUT2D eigenvalue weighted by atomic mass is 10.1. The van der Waals surface area contributed by atoms with Gasteiger partial charge < -0.3 is 10.5 Å². The zero-order valence-electron chi connectivity index (χ0n) is 11.8. The van der Waals surface area contributed by atoms with Crippen LogP contribution in [0.2, 0.25) is 0 Å². The largest absolute Gasteiger partial charge is 0.488 e. The van der Waals surface area contributed by atoms with Gasteiger partial charge in [0.2, 0.25) is 0 Å². The molecule has 0 bridgehead atoms. The number of nitrogens with two attached hydrogens (primary N) is 1. The van der Waals surface area contributed by atoms with Crippen molar-refractivity contribution in [1.82, 2.24) is 4.98 Å². The minimum atomic E-state index is -0.315. The highest BCUT2D eigenvalue weighted by Crippen LogP contribution is 2.32. The number of halogens is 1. The number of hydrogen-bond acceptors (Lipinski definition) is 4. The summed E-state index contributed by atoms with van der Waals surface area (Å²) in [5.74, 6) is 0.295. The molecule has 0 fully saturated rings. The summed E-state index contributed by atoms with van der Waals surface area (Å²) >= 11 is 1.46. The van der Waals surface area contributed by atoms with Crippen LogP contribution in [0.5, 0.6) is 5.75 Å². The van der Waals surface area contributed by atoms with Crippen LogP contribution in [-0.2, 0) is 13.2 Å². The summed E-state index contributed by atoms with van der Waals surface area (Å²) in [6, 6.07) is 14.3. The molecular formula is C17H15FN2OS. The number of benzene rings is 2. The summed E-state index contributed by atoms with van der Waals surface area (Å²) in [4.78, 5) is 4.40. The molecule has 2 N–H and O–H groups in total. The number of rotatable bonds is 5. The van der Waals surface area contributed by atoms with Gasteiger partial charge in [-0.15, -0.1) is 11.3 Å². The minimum Gasteiger partial charge on any atom is -0.488 e. The fourth-order valence-electron chi connectivity index (χ4n) is 2.09. The Kier molecular flexibility index (Phi) is 4.46. The standard InChI is InChI=1S/C17H15FN2OS/c18-13-6-7-16(21-10-12-4-2-1-3-5-12)14(8-13)15-11-22-17(9-19)20-15/h1-8,11H,9-10,19H2. The molecule has 5 heteroatoms. The molecule has 22 heavy (non-hydrogen) atoms. The summed E-state index contributed by atoms with van der Waals surface area (Å²) < 4.78 is 19.4. The van der Waals surface area contributed by atoms with Crippen LogP contribution in [-0.4, -0.2) is 4.98 Å². The molecule has 0 aliphatic rings. The highest BCUT2D eigenvalue weighted by Gasteiger charge is 2.12. The normalized spacial score (nSPS) is 10.6. The van der Waals surface area contributed by atoms with Crippen molar-refractivity contribution in [3.8, 4) is 17.0 Å². The van der Waals surface area contributed by atoms with E-state index in [0.29, 0.717) is 30.2 Å². The van der Waals surface area contributed by atoms with Gasteiger partial charge >= 0.3 is 0 Å². The van der Waals surface area contributed by atoms with E-state index in [-0.39, 0.29) is 5.82 Å². The summed E-state index contributed by atoms with van der Waals surface area (Å²) in [5, 5.41) is 2.68. The molecule has 0 atom stereocenters. The molecule has 0 aliphatic heterocycles. The summed E-state index contributed by atoms with van der Waals surface area (Å²) in [6.45, 7) is 0.799. The molecule has 0 radical (unpaired) electrons. The summed E-state index contributed by atoms with van der Waals surface area (Å²) in [7, 11) is 0. The van der Waals surface area contributed by atoms with E-state index in [2.05, 4.69) is 4.98 Å². The summed E-state index contributed by atoms with van der Waals surface area (Å²) in [6.07, 6.45) is 0. The maximum Gasteiger partial charge on any atom is 0.129 e. The van der Waals surface area contributed by atoms with E-state index in [1.54, 1.807) is 6.07 Å². The fraction of sp³-hybridized carbons (Fsp3) is 0.118. The molecule has 3 nitrogen and oxygen atoms in total. The molecule has 0 amide bonds. The van der Waals surface area contributed by atoms with E-state index in [4.69, 9.17) is 10.5 Å². The van der Waals surface area contributed by atoms with Gasteiger partial charge in [0, 0.05) is 17.5 Å². The molecular weight excluding hydrogens is 299 g/mol. The summed E-state index contributed by atoms with van der Waals surface area (Å²) in [5.41, 5.74) is 7.97. The molecule has 1 heterocycles. The second-order valence-corrected chi connectivity index (χ2v) is 5.69. The molecule has 1 aromatic heterocycles. The van der Waals surface area contributed by atoms with E-state index >= 15 is 0 Å². The predicted octanol–water partition coefficient (Wildman–Crippen LogP) is 3.99. The second kappa shape index (κ2) is 6.68. The Morgan fingerprint density at radius 3 is 2.68 bits per heavy atom. The van der Waals surface area contributed by atoms with Crippen molar-refractivity contribution in [2.75, 3.05) is 0 Å². The minimum absolute atomic E-state index is 0.315. The maximum absolute atomic E-state index is 13.6. The highest BCUT2D eigenvalue weighted by atomic mass is 32.1. The van der Waals surface area contributed by atoms with Crippen LogP contribution in [0.15, 0.2) is 53.9 Å². The van der Waals surface area contributed by atoms with Gasteiger partial charge in [-0.3, -0.25) is 0 Å². The maximum atomic E-state index is 13.6. The average molecular weight is 314 g/mol. The Labute approximate surface area is 132 Å². The van der Waals surface area contributed by atoms with Gasteiger partial charge in [-0.05, 0) is 23.8 Å².